The first-order chi connectivity index (χ1) is 17.3. The van der Waals surface area contributed by atoms with E-state index >= 15 is 0 Å². The van der Waals surface area contributed by atoms with Gasteiger partial charge in [-0.05, 0) is 62.4 Å². The van der Waals surface area contributed by atoms with E-state index in [1.807, 2.05) is 31.2 Å². The first-order valence-electron chi connectivity index (χ1n) is 12.4. The molecule has 0 bridgehead atoms. The van der Waals surface area contributed by atoms with Gasteiger partial charge in [-0.3, -0.25) is 14.4 Å². The Morgan fingerprint density at radius 1 is 0.861 bits per heavy atom. The number of para-hydroxylation sites is 1. The molecule has 36 heavy (non-hydrogen) atoms. The van der Waals surface area contributed by atoms with Gasteiger partial charge >= 0.3 is 6.03 Å². The molecule has 0 aromatic heterocycles. The van der Waals surface area contributed by atoms with Crippen molar-refractivity contribution in [3.05, 3.63) is 59.7 Å². The number of primary amides is 1. The van der Waals surface area contributed by atoms with Crippen molar-refractivity contribution in [2.24, 2.45) is 17.6 Å². The molecule has 2 aromatic carbocycles. The molecule has 4 rings (SSSR count). The van der Waals surface area contributed by atoms with Gasteiger partial charge in [-0.1, -0.05) is 24.3 Å². The molecular formula is C27H33N5O4. The highest BCUT2D eigenvalue weighted by atomic mass is 16.2. The van der Waals surface area contributed by atoms with Crippen LogP contribution < -0.4 is 16.4 Å². The van der Waals surface area contributed by atoms with Gasteiger partial charge in [0.2, 0.25) is 11.8 Å². The number of urea groups is 1. The number of nitrogens with one attached hydrogen (secondary N) is 2. The van der Waals surface area contributed by atoms with Gasteiger partial charge in [-0.15, -0.1) is 0 Å². The molecule has 5 amide bonds. The monoisotopic (exact) mass is 491 g/mol. The lowest BCUT2D eigenvalue weighted by molar-refractivity contribution is -0.123. The van der Waals surface area contributed by atoms with E-state index in [0.717, 1.165) is 11.3 Å². The minimum atomic E-state index is -0.378. The third-order valence-electron chi connectivity index (χ3n) is 6.95. The molecule has 2 aliphatic heterocycles. The number of nitrogens with zero attached hydrogens (tertiary/aromatic N) is 2. The molecule has 9 heteroatoms. The van der Waals surface area contributed by atoms with Crippen molar-refractivity contribution in [2.45, 2.75) is 32.6 Å². The molecule has 0 aliphatic carbocycles. The number of carbonyl (C=O) groups excluding carboxylic acids is 4. The van der Waals surface area contributed by atoms with Crippen molar-refractivity contribution in [3.63, 3.8) is 0 Å². The lowest BCUT2D eigenvalue weighted by atomic mass is 9.95. The van der Waals surface area contributed by atoms with Crippen LogP contribution in [-0.4, -0.2) is 59.7 Å². The fourth-order valence-corrected chi connectivity index (χ4v) is 4.85. The number of nitrogens with two attached hydrogens (primary N) is 1. The molecule has 2 aromatic rings. The minimum Gasteiger partial charge on any atom is -0.369 e. The Hall–Kier alpha value is -3.88. The highest BCUT2D eigenvalue weighted by Crippen LogP contribution is 2.25. The van der Waals surface area contributed by atoms with Crippen LogP contribution in [-0.2, 0) is 9.59 Å². The van der Waals surface area contributed by atoms with E-state index in [1.165, 1.54) is 0 Å². The number of benzene rings is 2. The van der Waals surface area contributed by atoms with Crippen molar-refractivity contribution < 1.29 is 19.2 Å². The summed E-state index contributed by atoms with van der Waals surface area (Å²) in [4.78, 5) is 53.9. The minimum absolute atomic E-state index is 0.184. The Labute approximate surface area is 211 Å². The number of hydrogen-bond acceptors (Lipinski definition) is 4. The molecule has 2 saturated heterocycles. The SMILES string of the molecule is Cc1cccc(NC(=O)N2CCCC(C(=O)Nc3ccccc3C(=O)N3CCC(C(N)=O)CC3)C2)c1. The molecule has 9 nitrogen and oxygen atoms in total. The fraction of sp³-hybridized carbons (Fsp3) is 0.407. The summed E-state index contributed by atoms with van der Waals surface area (Å²) in [5.74, 6) is -1.31. The van der Waals surface area contributed by atoms with E-state index in [2.05, 4.69) is 10.6 Å². The summed E-state index contributed by atoms with van der Waals surface area (Å²) in [6.45, 7) is 3.74. The number of aryl methyl sites for hydroxylation is 1. The molecule has 0 saturated carbocycles. The average Bonchev–Trinajstić information content (AvgIpc) is 2.88. The predicted octanol–water partition coefficient (Wildman–Crippen LogP) is 3.22. The van der Waals surface area contributed by atoms with E-state index in [1.54, 1.807) is 34.1 Å². The summed E-state index contributed by atoms with van der Waals surface area (Å²) in [7, 11) is 0. The number of amides is 5. The number of likely N-dealkylation sites (tertiary alicyclic amines) is 2. The average molecular weight is 492 g/mol. The van der Waals surface area contributed by atoms with Crippen molar-refractivity contribution in [2.75, 3.05) is 36.8 Å². The lowest BCUT2D eigenvalue weighted by Crippen LogP contribution is -2.45. The van der Waals surface area contributed by atoms with Crippen LogP contribution in [0.1, 0.15) is 41.6 Å². The number of carbonyl (C=O) groups is 4. The van der Waals surface area contributed by atoms with Gasteiger partial charge in [0, 0.05) is 37.8 Å². The first kappa shape index (κ1) is 25.2. The van der Waals surface area contributed by atoms with Gasteiger partial charge in [0.1, 0.15) is 0 Å². The van der Waals surface area contributed by atoms with Gasteiger partial charge in [0.05, 0.1) is 17.2 Å². The van der Waals surface area contributed by atoms with E-state index in [-0.39, 0.29) is 35.6 Å². The predicted molar refractivity (Wildman–Crippen MR) is 137 cm³/mol. The van der Waals surface area contributed by atoms with Gasteiger partial charge < -0.3 is 26.2 Å². The summed E-state index contributed by atoms with van der Waals surface area (Å²) in [6, 6.07) is 14.3. The fourth-order valence-electron chi connectivity index (χ4n) is 4.85. The van der Waals surface area contributed by atoms with E-state index < -0.39 is 0 Å². The number of piperidine rings is 2. The largest absolute Gasteiger partial charge is 0.369 e. The Kier molecular flexibility index (Phi) is 7.87. The molecule has 2 heterocycles. The molecule has 2 aliphatic rings. The maximum absolute atomic E-state index is 13.2. The molecule has 1 atom stereocenters. The number of hydrogen-bond donors (Lipinski definition) is 3. The molecular weight excluding hydrogens is 458 g/mol. The summed E-state index contributed by atoms with van der Waals surface area (Å²) >= 11 is 0. The third kappa shape index (κ3) is 6.02. The zero-order valence-corrected chi connectivity index (χ0v) is 20.5. The van der Waals surface area contributed by atoms with Crippen LogP contribution in [0.4, 0.5) is 16.2 Å². The highest BCUT2D eigenvalue weighted by Gasteiger charge is 2.31. The van der Waals surface area contributed by atoms with Gasteiger partial charge in [0.25, 0.3) is 5.91 Å². The van der Waals surface area contributed by atoms with Crippen molar-refractivity contribution >= 4 is 35.1 Å². The highest BCUT2D eigenvalue weighted by molar-refractivity contribution is 6.04. The van der Waals surface area contributed by atoms with Gasteiger partial charge in [-0.2, -0.15) is 0 Å². The maximum atomic E-state index is 13.2. The molecule has 2 fully saturated rings. The second-order valence-electron chi connectivity index (χ2n) is 9.59. The van der Waals surface area contributed by atoms with Crippen LogP contribution in [0.5, 0.6) is 0 Å². The van der Waals surface area contributed by atoms with Crippen LogP contribution in [0, 0.1) is 18.8 Å². The molecule has 0 spiro atoms. The van der Waals surface area contributed by atoms with Crippen molar-refractivity contribution in [1.29, 1.82) is 0 Å². The molecule has 4 N–H and O–H groups in total. The summed E-state index contributed by atoms with van der Waals surface area (Å²) in [5, 5.41) is 5.83. The Bertz CT molecular complexity index is 1140. The Morgan fingerprint density at radius 3 is 2.33 bits per heavy atom. The first-order valence-corrected chi connectivity index (χ1v) is 12.4. The second-order valence-corrected chi connectivity index (χ2v) is 9.59. The summed E-state index contributed by atoms with van der Waals surface area (Å²) < 4.78 is 0. The van der Waals surface area contributed by atoms with Crippen molar-refractivity contribution in [1.82, 2.24) is 9.80 Å². The van der Waals surface area contributed by atoms with E-state index in [0.29, 0.717) is 63.1 Å². The van der Waals surface area contributed by atoms with Gasteiger partial charge in [0.15, 0.2) is 0 Å². The molecule has 1 unspecified atom stereocenters. The number of rotatable bonds is 5. The van der Waals surface area contributed by atoms with E-state index in [4.69, 9.17) is 5.73 Å². The number of anilines is 2. The van der Waals surface area contributed by atoms with Crippen LogP contribution in [0.15, 0.2) is 48.5 Å². The summed E-state index contributed by atoms with van der Waals surface area (Å²) in [6.07, 6.45) is 2.46. The summed E-state index contributed by atoms with van der Waals surface area (Å²) in [5.41, 5.74) is 8.04. The Balaban J connectivity index is 1.38. The molecule has 190 valence electrons. The maximum Gasteiger partial charge on any atom is 0.321 e. The lowest BCUT2D eigenvalue weighted by Gasteiger charge is -2.32. The van der Waals surface area contributed by atoms with Crippen molar-refractivity contribution in [3.8, 4) is 0 Å². The molecule has 0 radical (unpaired) electrons. The van der Waals surface area contributed by atoms with E-state index in [9.17, 15) is 19.2 Å². The quantitative estimate of drug-likeness (QED) is 0.594. The van der Waals surface area contributed by atoms with Gasteiger partial charge in [-0.25, -0.2) is 4.79 Å². The zero-order chi connectivity index (χ0) is 25.7. The zero-order valence-electron chi connectivity index (χ0n) is 20.5. The second kappa shape index (κ2) is 11.2. The van der Waals surface area contributed by atoms with Crippen LogP contribution in [0.3, 0.4) is 0 Å². The van der Waals surface area contributed by atoms with Crippen LogP contribution >= 0.6 is 0 Å². The Morgan fingerprint density at radius 2 is 1.61 bits per heavy atom. The smallest absolute Gasteiger partial charge is 0.321 e. The topological polar surface area (TPSA) is 125 Å². The normalized spacial score (nSPS) is 18.4. The third-order valence-corrected chi connectivity index (χ3v) is 6.95. The van der Waals surface area contributed by atoms with Crippen LogP contribution in [0.2, 0.25) is 0 Å². The standard InChI is InChI=1S/C27H33N5O4/c1-18-6-4-8-21(16-18)29-27(36)32-13-5-7-20(17-32)25(34)30-23-10-3-2-9-22(23)26(35)31-14-11-19(12-15-31)24(28)33/h2-4,6,8-10,16,19-20H,5,7,11-15,17H2,1H3,(H2,28,33)(H,29,36)(H,30,34). The van der Waals surface area contributed by atoms with Crippen LogP contribution in [0.25, 0.3) is 0 Å².